The van der Waals surface area contributed by atoms with Crippen LogP contribution in [-0.4, -0.2) is 4.57 Å². The molecular formula is C22H20N2O2. The molecule has 0 bridgehead atoms. The molecule has 1 aliphatic rings. The summed E-state index contributed by atoms with van der Waals surface area (Å²) in [5.74, 6) is 1.19. The maximum atomic E-state index is 13.2. The van der Waals surface area contributed by atoms with E-state index in [4.69, 9.17) is 4.42 Å². The van der Waals surface area contributed by atoms with Crippen LogP contribution in [0.15, 0.2) is 57.9 Å². The van der Waals surface area contributed by atoms with Crippen LogP contribution in [0, 0.1) is 17.2 Å². The van der Waals surface area contributed by atoms with Crippen LogP contribution >= 0.6 is 0 Å². The van der Waals surface area contributed by atoms with Crippen molar-refractivity contribution in [2.45, 2.75) is 32.7 Å². The zero-order valence-electron chi connectivity index (χ0n) is 14.7. The monoisotopic (exact) mass is 344 g/mol. The molecule has 0 unspecified atom stereocenters. The first-order chi connectivity index (χ1) is 12.7. The van der Waals surface area contributed by atoms with Crippen LogP contribution in [0.2, 0.25) is 0 Å². The maximum absolute atomic E-state index is 13.2. The smallest absolute Gasteiger partial charge is 0.269 e. The third kappa shape index (κ3) is 2.76. The molecule has 26 heavy (non-hydrogen) atoms. The molecule has 1 aromatic carbocycles. The number of aromatic nitrogens is 1. The number of hydrogen-bond donors (Lipinski definition) is 0. The van der Waals surface area contributed by atoms with Crippen LogP contribution < -0.4 is 5.56 Å². The molecule has 1 atom stereocenters. The van der Waals surface area contributed by atoms with Gasteiger partial charge in [0.2, 0.25) is 0 Å². The first-order valence-corrected chi connectivity index (χ1v) is 8.95. The van der Waals surface area contributed by atoms with Crippen LogP contribution in [0.25, 0.3) is 11.3 Å². The molecule has 130 valence electrons. The summed E-state index contributed by atoms with van der Waals surface area (Å²) in [7, 11) is 0. The summed E-state index contributed by atoms with van der Waals surface area (Å²) >= 11 is 0. The van der Waals surface area contributed by atoms with Gasteiger partial charge in [0.05, 0.1) is 18.5 Å². The summed E-state index contributed by atoms with van der Waals surface area (Å²) in [5, 5.41) is 9.69. The minimum Gasteiger partial charge on any atom is -0.467 e. The molecule has 0 saturated carbocycles. The molecule has 0 fully saturated rings. The van der Waals surface area contributed by atoms with Gasteiger partial charge in [-0.25, -0.2) is 0 Å². The molecule has 1 aliphatic carbocycles. The van der Waals surface area contributed by atoms with Crippen LogP contribution in [0.1, 0.15) is 35.8 Å². The van der Waals surface area contributed by atoms with Crippen molar-refractivity contribution in [1.29, 1.82) is 5.26 Å². The fourth-order valence-corrected chi connectivity index (χ4v) is 3.91. The van der Waals surface area contributed by atoms with E-state index in [1.807, 2.05) is 42.5 Å². The Hall–Kier alpha value is -3.06. The first-order valence-electron chi connectivity index (χ1n) is 8.95. The van der Waals surface area contributed by atoms with Gasteiger partial charge in [-0.15, -0.1) is 0 Å². The van der Waals surface area contributed by atoms with Crippen molar-refractivity contribution in [2.75, 3.05) is 0 Å². The maximum Gasteiger partial charge on any atom is 0.269 e. The van der Waals surface area contributed by atoms with Crippen molar-refractivity contribution in [1.82, 2.24) is 4.57 Å². The Kier molecular flexibility index (Phi) is 4.22. The summed E-state index contributed by atoms with van der Waals surface area (Å²) in [5.41, 5.74) is 4.07. The molecule has 3 aromatic rings. The van der Waals surface area contributed by atoms with Gasteiger partial charge >= 0.3 is 0 Å². The van der Waals surface area contributed by atoms with Crippen LogP contribution in [0.4, 0.5) is 0 Å². The second kappa shape index (κ2) is 6.68. The summed E-state index contributed by atoms with van der Waals surface area (Å²) in [6.07, 6.45) is 4.34. The number of benzene rings is 1. The minimum atomic E-state index is -0.226. The van der Waals surface area contributed by atoms with Gasteiger partial charge in [-0.05, 0) is 54.0 Å². The van der Waals surface area contributed by atoms with Crippen molar-refractivity contribution >= 4 is 0 Å². The van der Waals surface area contributed by atoms with E-state index >= 15 is 0 Å². The van der Waals surface area contributed by atoms with Crippen LogP contribution in [0.3, 0.4) is 0 Å². The van der Waals surface area contributed by atoms with E-state index in [1.54, 1.807) is 10.8 Å². The zero-order valence-corrected chi connectivity index (χ0v) is 14.7. The number of rotatable bonds is 3. The number of pyridine rings is 1. The Morgan fingerprint density at radius 2 is 2.00 bits per heavy atom. The molecule has 0 aliphatic heterocycles. The first kappa shape index (κ1) is 16.4. The molecule has 0 radical (unpaired) electrons. The van der Waals surface area contributed by atoms with Gasteiger partial charge in [0, 0.05) is 0 Å². The molecule has 0 N–H and O–H groups in total. The Labute approximate surface area is 152 Å². The van der Waals surface area contributed by atoms with E-state index in [9.17, 15) is 10.1 Å². The van der Waals surface area contributed by atoms with E-state index in [0.29, 0.717) is 18.2 Å². The molecule has 2 aromatic heterocycles. The van der Waals surface area contributed by atoms with Crippen molar-refractivity contribution in [3.63, 3.8) is 0 Å². The minimum absolute atomic E-state index is 0.226. The van der Waals surface area contributed by atoms with E-state index in [-0.39, 0.29) is 11.1 Å². The van der Waals surface area contributed by atoms with Gasteiger partial charge < -0.3 is 4.42 Å². The highest BCUT2D eigenvalue weighted by Gasteiger charge is 2.27. The topological polar surface area (TPSA) is 58.9 Å². The van der Waals surface area contributed by atoms with Crippen molar-refractivity contribution in [3.05, 3.63) is 81.5 Å². The van der Waals surface area contributed by atoms with Gasteiger partial charge in [-0.2, -0.15) is 5.26 Å². The third-order valence-corrected chi connectivity index (χ3v) is 5.17. The molecule has 4 heteroatoms. The Morgan fingerprint density at radius 1 is 1.19 bits per heavy atom. The SMILES string of the molecule is C[C@@H]1CCc2c(c(C#N)c(=O)n(Cc3ccco3)c2-c2ccccc2)C1. The lowest BCUT2D eigenvalue weighted by Crippen LogP contribution is -2.30. The normalized spacial score (nSPS) is 16.1. The second-order valence-corrected chi connectivity index (χ2v) is 6.98. The fourth-order valence-electron chi connectivity index (χ4n) is 3.91. The highest BCUT2D eigenvalue weighted by atomic mass is 16.3. The predicted molar refractivity (Wildman–Crippen MR) is 99.9 cm³/mol. The van der Waals surface area contributed by atoms with E-state index < -0.39 is 0 Å². The fraction of sp³-hybridized carbons (Fsp3) is 0.273. The van der Waals surface area contributed by atoms with Gasteiger partial charge in [0.25, 0.3) is 5.56 Å². The third-order valence-electron chi connectivity index (χ3n) is 5.17. The lowest BCUT2D eigenvalue weighted by atomic mass is 9.81. The lowest BCUT2D eigenvalue weighted by Gasteiger charge is -2.27. The number of hydrogen-bond acceptors (Lipinski definition) is 3. The van der Waals surface area contributed by atoms with E-state index in [2.05, 4.69) is 13.0 Å². The second-order valence-electron chi connectivity index (χ2n) is 6.98. The predicted octanol–water partition coefficient (Wildman–Crippen LogP) is 4.15. The molecule has 0 amide bonds. The van der Waals surface area contributed by atoms with Crippen LogP contribution in [0.5, 0.6) is 0 Å². The van der Waals surface area contributed by atoms with Crippen molar-refractivity contribution in [2.24, 2.45) is 5.92 Å². The highest BCUT2D eigenvalue weighted by molar-refractivity contribution is 5.67. The average Bonchev–Trinajstić information content (AvgIpc) is 3.17. The number of furan rings is 1. The molecule has 4 rings (SSSR count). The number of nitriles is 1. The standard InChI is InChI=1S/C22H20N2O2/c1-15-9-10-18-19(12-15)20(13-23)22(25)24(14-17-8-5-11-26-17)21(18)16-6-3-2-4-7-16/h2-8,11,15H,9-10,12,14H2,1H3/t15-/m1/s1. The number of fused-ring (bicyclic) bond motifs is 1. The molecule has 0 spiro atoms. The summed E-state index contributed by atoms with van der Waals surface area (Å²) in [6.45, 7) is 2.51. The average molecular weight is 344 g/mol. The molecule has 2 heterocycles. The largest absolute Gasteiger partial charge is 0.467 e. The van der Waals surface area contributed by atoms with Gasteiger partial charge in [0.1, 0.15) is 17.4 Å². The molecule has 0 saturated heterocycles. The highest BCUT2D eigenvalue weighted by Crippen LogP contribution is 2.34. The van der Waals surface area contributed by atoms with Gasteiger partial charge in [-0.3, -0.25) is 9.36 Å². The lowest BCUT2D eigenvalue weighted by molar-refractivity contribution is 0.480. The van der Waals surface area contributed by atoms with Crippen molar-refractivity contribution < 1.29 is 4.42 Å². The van der Waals surface area contributed by atoms with Gasteiger partial charge in [-0.1, -0.05) is 37.3 Å². The number of nitrogens with zero attached hydrogens (tertiary/aromatic N) is 2. The van der Waals surface area contributed by atoms with E-state index in [1.165, 1.54) is 0 Å². The Morgan fingerprint density at radius 3 is 2.69 bits per heavy atom. The molecular weight excluding hydrogens is 324 g/mol. The Bertz CT molecular complexity index is 1020. The summed E-state index contributed by atoms with van der Waals surface area (Å²) in [6, 6.07) is 15.8. The summed E-state index contributed by atoms with van der Waals surface area (Å²) in [4.78, 5) is 13.2. The summed E-state index contributed by atoms with van der Waals surface area (Å²) < 4.78 is 7.19. The quantitative estimate of drug-likeness (QED) is 0.717. The van der Waals surface area contributed by atoms with Gasteiger partial charge in [0.15, 0.2) is 0 Å². The Balaban J connectivity index is 2.03. The zero-order chi connectivity index (χ0) is 18.1. The van der Waals surface area contributed by atoms with Crippen molar-refractivity contribution in [3.8, 4) is 17.3 Å². The van der Waals surface area contributed by atoms with Crippen LogP contribution in [-0.2, 0) is 19.4 Å². The van der Waals surface area contributed by atoms with E-state index in [0.717, 1.165) is 41.6 Å². The molecule has 4 nitrogen and oxygen atoms in total.